The Morgan fingerprint density at radius 1 is 0.833 bits per heavy atom. The third kappa shape index (κ3) is 8.97. The van der Waals surface area contributed by atoms with Gasteiger partial charge in [0.05, 0.1) is 16.1 Å². The minimum Gasteiger partial charge on any atom is -0.508 e. The summed E-state index contributed by atoms with van der Waals surface area (Å²) in [7, 11) is 0. The van der Waals surface area contributed by atoms with E-state index in [2.05, 4.69) is 32.3 Å². The smallest absolute Gasteiger partial charge is 0.262 e. The molecule has 16 nitrogen and oxygen atoms in total. The summed E-state index contributed by atoms with van der Waals surface area (Å²) in [5.41, 5.74) is 1.90. The van der Waals surface area contributed by atoms with E-state index in [1.54, 1.807) is 35.2 Å². The zero-order valence-electron chi connectivity index (χ0n) is 36.3. The first-order valence-corrected chi connectivity index (χ1v) is 22.7. The normalized spacial score (nSPS) is 18.3. The van der Waals surface area contributed by atoms with Gasteiger partial charge >= 0.3 is 0 Å². The molecule has 3 saturated heterocycles. The van der Waals surface area contributed by atoms with Crippen LogP contribution in [-0.4, -0.2) is 149 Å². The summed E-state index contributed by atoms with van der Waals surface area (Å²) in [5.74, 6) is -2.07. The number of phenols is 1. The van der Waals surface area contributed by atoms with E-state index in [9.17, 15) is 29.1 Å². The fourth-order valence-corrected chi connectivity index (χ4v) is 9.67. The van der Waals surface area contributed by atoms with Gasteiger partial charge in [0.2, 0.25) is 23.7 Å². The lowest BCUT2D eigenvalue weighted by molar-refractivity contribution is -0.136. The van der Waals surface area contributed by atoms with Crippen LogP contribution in [0.4, 0.5) is 21.8 Å². The van der Waals surface area contributed by atoms with Crippen LogP contribution >= 0.6 is 11.6 Å². The summed E-state index contributed by atoms with van der Waals surface area (Å²) in [6.45, 7) is 12.1. The van der Waals surface area contributed by atoms with Gasteiger partial charge in [-0.3, -0.25) is 34.2 Å². The molecule has 0 radical (unpaired) electrons. The fraction of sp³-hybridized carbons (Fsp3) is 0.354. The molecule has 1 aromatic heterocycles. The van der Waals surface area contributed by atoms with Gasteiger partial charge < -0.3 is 35.3 Å². The van der Waals surface area contributed by atoms with Gasteiger partial charge in [0.15, 0.2) is 5.82 Å². The first kappa shape index (κ1) is 44.5. The number of halogens is 2. The van der Waals surface area contributed by atoms with Crippen LogP contribution in [0, 0.1) is 5.82 Å². The Bertz CT molecular complexity index is 2770. The zero-order chi connectivity index (χ0) is 46.1. The lowest BCUT2D eigenvalue weighted by atomic mass is 9.96. The quantitative estimate of drug-likeness (QED) is 0.0656. The Morgan fingerprint density at radius 3 is 2.24 bits per heavy atom. The molecule has 0 bridgehead atoms. The van der Waals surface area contributed by atoms with Crippen LogP contribution in [0.25, 0.3) is 32.8 Å². The van der Waals surface area contributed by atoms with Crippen LogP contribution in [-0.2, 0) is 14.4 Å². The van der Waals surface area contributed by atoms with E-state index in [-0.39, 0.29) is 57.7 Å². The number of piperazine rings is 2. The molecular formula is C48H50ClFN10O6. The molecule has 9 rings (SSSR count). The van der Waals surface area contributed by atoms with Crippen LogP contribution in [0.15, 0.2) is 73.3 Å². The highest BCUT2D eigenvalue weighted by molar-refractivity contribution is 6.35. The van der Waals surface area contributed by atoms with Gasteiger partial charge in [-0.25, -0.2) is 9.37 Å². The summed E-state index contributed by atoms with van der Waals surface area (Å²) in [6, 6.07) is 16.3. The van der Waals surface area contributed by atoms with Crippen molar-refractivity contribution in [3.05, 3.63) is 95.3 Å². The SMILES string of the molecule is C=CC(=O)N1CCN(c2nc(NCCCN3CCN(CCCNc4ccc5c(c4)C(=O)N(C4CCC(=O)NC4=O)C5=O)CC3)nc3c(F)c(-c4cc(O)cc5ccccc45)c(Cl)cc23)CC1. The number of amides is 5. The Morgan fingerprint density at radius 2 is 1.53 bits per heavy atom. The maximum Gasteiger partial charge on any atom is 0.262 e. The number of phenolic OH excluding ortho intramolecular Hbond substituents is 1. The van der Waals surface area contributed by atoms with Crippen molar-refractivity contribution >= 4 is 80.3 Å². The second-order valence-corrected chi connectivity index (χ2v) is 17.4. The minimum absolute atomic E-state index is 0.0106. The Labute approximate surface area is 385 Å². The average molecular weight is 917 g/mol. The summed E-state index contributed by atoms with van der Waals surface area (Å²) in [6.07, 6.45) is 3.15. The molecule has 4 aliphatic rings. The number of imide groups is 2. The molecule has 1 unspecified atom stereocenters. The van der Waals surface area contributed by atoms with Crippen molar-refractivity contribution in [3.63, 3.8) is 0 Å². The fourth-order valence-electron chi connectivity index (χ4n) is 9.37. The highest BCUT2D eigenvalue weighted by atomic mass is 35.5. The van der Waals surface area contributed by atoms with Crippen LogP contribution < -0.4 is 20.9 Å². The number of aromatic hydroxyl groups is 1. The summed E-state index contributed by atoms with van der Waals surface area (Å²) >= 11 is 6.90. The maximum atomic E-state index is 17.0. The standard InChI is InChI=1S/C48H50ClFN10O6/c1-2-40(63)58-21-23-59(24-22-58)44-36-28-37(49)41(34-27-31(61)25-29-7-3-4-8-32(29)34)42(50)43(36)54-48(55-44)52-14-6-16-57-19-17-56(18-20-57)15-5-13-51-30-9-10-33-35(26-30)47(66)60(46(33)65)38-11-12-39(62)53-45(38)64/h2-4,7-10,25-28,38,51,61H,1,5-6,11-24H2,(H,52,54,55)(H,53,62,64). The van der Waals surface area contributed by atoms with Crippen molar-refractivity contribution in [2.24, 2.45) is 0 Å². The van der Waals surface area contributed by atoms with E-state index in [1.807, 2.05) is 29.2 Å². The van der Waals surface area contributed by atoms with Gasteiger partial charge in [-0.05, 0) is 91.2 Å². The molecule has 3 fully saturated rings. The van der Waals surface area contributed by atoms with Gasteiger partial charge in [-0.1, -0.05) is 42.4 Å². The van der Waals surface area contributed by atoms with Crippen LogP contribution in [0.5, 0.6) is 5.75 Å². The number of piperidine rings is 1. The van der Waals surface area contributed by atoms with Crippen LogP contribution in [0.2, 0.25) is 5.02 Å². The van der Waals surface area contributed by atoms with Gasteiger partial charge in [0.25, 0.3) is 11.8 Å². The predicted molar refractivity (Wildman–Crippen MR) is 250 cm³/mol. The monoisotopic (exact) mass is 916 g/mol. The third-order valence-corrected chi connectivity index (χ3v) is 13.2. The van der Waals surface area contributed by atoms with Crippen LogP contribution in [0.1, 0.15) is 46.4 Å². The molecular weight excluding hydrogens is 867 g/mol. The molecule has 0 saturated carbocycles. The van der Waals surface area contributed by atoms with Crippen molar-refractivity contribution in [2.75, 3.05) is 94.1 Å². The second kappa shape index (κ2) is 19.0. The predicted octanol–water partition coefficient (Wildman–Crippen LogP) is 5.11. The molecule has 1 atom stereocenters. The Kier molecular flexibility index (Phi) is 12.8. The summed E-state index contributed by atoms with van der Waals surface area (Å²) in [4.78, 5) is 81.8. The number of carbonyl (C=O) groups excluding carboxylic acids is 5. The topological polar surface area (TPSA) is 184 Å². The number of hydrogen-bond donors (Lipinski definition) is 4. The molecule has 0 spiro atoms. The number of hydrogen-bond acceptors (Lipinski definition) is 13. The molecule has 18 heteroatoms. The van der Waals surface area contributed by atoms with E-state index in [0.29, 0.717) is 61.7 Å². The number of rotatable bonds is 14. The number of aromatic nitrogens is 2. The Balaban J connectivity index is 0.791. The van der Waals surface area contributed by atoms with Crippen molar-refractivity contribution in [1.82, 2.24) is 34.9 Å². The molecule has 4 N–H and O–H groups in total. The van der Waals surface area contributed by atoms with Crippen molar-refractivity contribution in [1.29, 1.82) is 0 Å². The summed E-state index contributed by atoms with van der Waals surface area (Å²) in [5, 5.41) is 21.6. The van der Waals surface area contributed by atoms with E-state index in [4.69, 9.17) is 21.6 Å². The van der Waals surface area contributed by atoms with Gasteiger partial charge in [-0.15, -0.1) is 0 Å². The molecule has 342 valence electrons. The molecule has 5 amide bonds. The van der Waals surface area contributed by atoms with Crippen molar-refractivity contribution in [2.45, 2.75) is 31.7 Å². The molecule has 0 aliphatic carbocycles. The second-order valence-electron chi connectivity index (χ2n) is 17.0. The zero-order valence-corrected chi connectivity index (χ0v) is 37.1. The average Bonchev–Trinajstić information content (AvgIpc) is 3.56. The largest absolute Gasteiger partial charge is 0.508 e. The number of benzene rings is 4. The van der Waals surface area contributed by atoms with Gasteiger partial charge in [0.1, 0.15) is 23.1 Å². The van der Waals surface area contributed by atoms with Crippen molar-refractivity contribution < 1.29 is 33.5 Å². The maximum absolute atomic E-state index is 17.0. The van der Waals surface area contributed by atoms with Crippen LogP contribution in [0.3, 0.4) is 0 Å². The number of anilines is 3. The highest BCUT2D eigenvalue weighted by Crippen LogP contribution is 2.42. The number of nitrogens with zero attached hydrogens (tertiary/aromatic N) is 7. The van der Waals surface area contributed by atoms with E-state index >= 15 is 4.39 Å². The number of carbonyl (C=O) groups is 5. The van der Waals surface area contributed by atoms with E-state index < -0.39 is 35.5 Å². The first-order chi connectivity index (χ1) is 32.0. The molecule has 5 heterocycles. The number of fused-ring (bicyclic) bond motifs is 3. The first-order valence-electron chi connectivity index (χ1n) is 22.3. The molecule has 4 aliphatic heterocycles. The minimum atomic E-state index is -0.998. The lowest BCUT2D eigenvalue weighted by Gasteiger charge is -2.35. The highest BCUT2D eigenvalue weighted by Gasteiger charge is 2.44. The number of nitrogens with one attached hydrogen (secondary N) is 3. The molecule has 66 heavy (non-hydrogen) atoms. The van der Waals surface area contributed by atoms with E-state index in [0.717, 1.165) is 67.8 Å². The molecule has 5 aromatic rings. The summed E-state index contributed by atoms with van der Waals surface area (Å²) < 4.78 is 17.0. The molecule has 4 aromatic carbocycles. The third-order valence-electron chi connectivity index (χ3n) is 12.9. The lowest BCUT2D eigenvalue weighted by Crippen LogP contribution is -2.54. The van der Waals surface area contributed by atoms with E-state index in [1.165, 1.54) is 12.1 Å². The Hall–Kier alpha value is -6.69. The van der Waals surface area contributed by atoms with Gasteiger partial charge in [-0.2, -0.15) is 4.98 Å². The van der Waals surface area contributed by atoms with Gasteiger partial charge in [0, 0.05) is 88.5 Å². The van der Waals surface area contributed by atoms with Crippen molar-refractivity contribution in [3.8, 4) is 16.9 Å².